The van der Waals surface area contributed by atoms with Crippen LogP contribution in [0.2, 0.25) is 36.3 Å². The SMILES string of the molecule is C.CC(C)(C)[Si](C)(C)Oc1ccc(N)nc1.CC(C)(C)[Si](C)(C)Oc1ccc(NC(=O)OC2CCC(c3ccccc3)CC2)nc1.OC1CCC(c2ccccc2)CC1. The van der Waals surface area contributed by atoms with Gasteiger partial charge in [0.2, 0.25) is 0 Å². The van der Waals surface area contributed by atoms with Crippen molar-refractivity contribution in [3.8, 4) is 11.5 Å². The third kappa shape index (κ3) is 15.7. The zero-order chi connectivity index (χ0) is 42.6. The summed E-state index contributed by atoms with van der Waals surface area (Å²) in [6.07, 6.45) is 10.9. The van der Waals surface area contributed by atoms with Gasteiger partial charge in [-0.1, -0.05) is 110 Å². The summed E-state index contributed by atoms with van der Waals surface area (Å²) in [6.45, 7) is 22.1. The molecule has 2 aliphatic carbocycles. The van der Waals surface area contributed by atoms with Gasteiger partial charge in [0.15, 0.2) is 0 Å². The summed E-state index contributed by atoms with van der Waals surface area (Å²) in [5.74, 6) is 3.79. The van der Waals surface area contributed by atoms with Crippen molar-refractivity contribution in [2.75, 3.05) is 11.1 Å². The molecule has 0 aliphatic heterocycles. The highest BCUT2D eigenvalue weighted by molar-refractivity contribution is 6.75. The molecule has 4 aromatic rings. The number of aliphatic hydroxyl groups excluding tert-OH is 1. The summed E-state index contributed by atoms with van der Waals surface area (Å²) in [6, 6.07) is 28.5. The number of carbonyl (C=O) groups is 1. The van der Waals surface area contributed by atoms with Crippen molar-refractivity contribution in [1.82, 2.24) is 9.97 Å². The van der Waals surface area contributed by atoms with Gasteiger partial charge in [0.1, 0.15) is 29.2 Å². The Bertz CT molecular complexity index is 1800. The lowest BCUT2D eigenvalue weighted by Gasteiger charge is -2.36. The average Bonchev–Trinajstić information content (AvgIpc) is 3.17. The van der Waals surface area contributed by atoms with Crippen molar-refractivity contribution in [1.29, 1.82) is 0 Å². The number of amides is 1. The smallest absolute Gasteiger partial charge is 0.413 e. The van der Waals surface area contributed by atoms with Crippen molar-refractivity contribution < 1.29 is 23.5 Å². The van der Waals surface area contributed by atoms with E-state index >= 15 is 0 Å². The van der Waals surface area contributed by atoms with Gasteiger partial charge in [0, 0.05) is 0 Å². The first-order valence-electron chi connectivity index (χ1n) is 21.0. The van der Waals surface area contributed by atoms with Gasteiger partial charge in [-0.3, -0.25) is 5.32 Å². The van der Waals surface area contributed by atoms with Gasteiger partial charge in [0.25, 0.3) is 16.6 Å². The highest BCUT2D eigenvalue weighted by Crippen LogP contribution is 2.39. The Morgan fingerprint density at radius 3 is 1.46 bits per heavy atom. The van der Waals surface area contributed by atoms with Gasteiger partial charge in [-0.15, -0.1) is 0 Å². The number of carbonyl (C=O) groups excluding carboxylic acids is 1. The number of nitrogens with zero attached hydrogens (tertiary/aromatic N) is 2. The zero-order valence-electron chi connectivity index (χ0n) is 36.8. The van der Waals surface area contributed by atoms with E-state index in [4.69, 9.17) is 19.3 Å². The second kappa shape index (κ2) is 21.9. The first-order valence-corrected chi connectivity index (χ1v) is 26.9. The summed E-state index contributed by atoms with van der Waals surface area (Å²) in [5.41, 5.74) is 8.34. The monoisotopic (exact) mass is 843 g/mol. The molecule has 2 aromatic carbocycles. The van der Waals surface area contributed by atoms with Crippen LogP contribution >= 0.6 is 0 Å². The van der Waals surface area contributed by atoms with Crippen LogP contribution in [0.3, 0.4) is 0 Å². The van der Waals surface area contributed by atoms with Crippen LogP contribution in [0.25, 0.3) is 0 Å². The summed E-state index contributed by atoms with van der Waals surface area (Å²) >= 11 is 0. The molecule has 9 nitrogen and oxygen atoms in total. The molecule has 0 radical (unpaired) electrons. The van der Waals surface area contributed by atoms with Crippen LogP contribution in [0, 0.1) is 0 Å². The fourth-order valence-electron chi connectivity index (χ4n) is 6.52. The van der Waals surface area contributed by atoms with Crippen molar-refractivity contribution in [2.45, 2.75) is 161 Å². The topological polar surface area (TPSA) is 129 Å². The van der Waals surface area contributed by atoms with Crippen LogP contribution < -0.4 is 19.9 Å². The molecule has 1 amide bonds. The number of pyridine rings is 2. The van der Waals surface area contributed by atoms with Crippen LogP contribution in [0.5, 0.6) is 11.5 Å². The minimum absolute atomic E-state index is 0. The molecule has 59 heavy (non-hydrogen) atoms. The Morgan fingerprint density at radius 1 is 0.644 bits per heavy atom. The van der Waals surface area contributed by atoms with Crippen molar-refractivity contribution in [2.24, 2.45) is 0 Å². The summed E-state index contributed by atoms with van der Waals surface area (Å²) in [7, 11) is -3.65. The van der Waals surface area contributed by atoms with Gasteiger partial charge in [-0.2, -0.15) is 0 Å². The molecular weight excluding hydrogens is 769 g/mol. The Balaban J connectivity index is 0.000000267. The number of ether oxygens (including phenoxy) is 1. The largest absolute Gasteiger partial charge is 0.542 e. The molecule has 2 aromatic heterocycles. The molecule has 0 bridgehead atoms. The average molecular weight is 843 g/mol. The molecule has 0 spiro atoms. The van der Waals surface area contributed by atoms with E-state index in [0.29, 0.717) is 23.5 Å². The number of hydrogen-bond donors (Lipinski definition) is 3. The van der Waals surface area contributed by atoms with Crippen LogP contribution in [0.1, 0.15) is 123 Å². The standard InChI is InChI=1S/C24H34N2O3Si.C12H16O.C11H20N2OSi.CH4/c1-24(2,3)30(4,5)29-21-15-16-22(25-17-21)26-23(27)28-20-13-11-19(12-14-20)18-9-7-6-8-10-18;13-12-8-6-11(7-9-12)10-4-2-1-3-5-10;1-11(2,3)15(4,5)14-9-6-7-10(12)13-8-9;/h6-10,15-17,19-20H,11-14H2,1-5H3,(H,25,26,27);1-5,11-13H,6-9H2;6-8H,1-5H3,(H2,12,13);1H4. The van der Waals surface area contributed by atoms with E-state index in [-0.39, 0.29) is 29.7 Å². The molecule has 2 heterocycles. The number of rotatable bonds is 8. The molecule has 4 N–H and O–H groups in total. The molecule has 2 aliphatic rings. The van der Waals surface area contributed by atoms with E-state index in [1.165, 1.54) is 11.1 Å². The number of aromatic nitrogens is 2. The number of nitrogen functional groups attached to an aromatic ring is 1. The first kappa shape index (κ1) is 49.2. The quantitative estimate of drug-likeness (QED) is 0.150. The van der Waals surface area contributed by atoms with E-state index in [9.17, 15) is 9.90 Å². The molecule has 2 fully saturated rings. The lowest BCUT2D eigenvalue weighted by molar-refractivity contribution is 0.0821. The van der Waals surface area contributed by atoms with Crippen LogP contribution in [0.15, 0.2) is 97.3 Å². The lowest BCUT2D eigenvalue weighted by atomic mass is 9.83. The molecule has 324 valence electrons. The minimum atomic E-state index is -1.91. The number of hydrogen-bond acceptors (Lipinski definition) is 8. The third-order valence-corrected chi connectivity index (χ3v) is 21.0. The van der Waals surface area contributed by atoms with Gasteiger partial charge in [0.05, 0.1) is 18.5 Å². The molecular formula is C48H74N4O5Si2. The van der Waals surface area contributed by atoms with Crippen LogP contribution in [-0.4, -0.2) is 50.0 Å². The van der Waals surface area contributed by atoms with E-state index in [2.05, 4.69) is 138 Å². The van der Waals surface area contributed by atoms with E-state index in [1.54, 1.807) is 24.5 Å². The van der Waals surface area contributed by atoms with Crippen molar-refractivity contribution >= 4 is 34.4 Å². The zero-order valence-corrected chi connectivity index (χ0v) is 38.8. The number of anilines is 2. The van der Waals surface area contributed by atoms with E-state index < -0.39 is 22.7 Å². The van der Waals surface area contributed by atoms with Crippen molar-refractivity contribution in [3.05, 3.63) is 108 Å². The van der Waals surface area contributed by atoms with Gasteiger partial charge in [-0.25, -0.2) is 14.8 Å². The lowest BCUT2D eigenvalue weighted by Crippen LogP contribution is -2.43. The van der Waals surface area contributed by atoms with Gasteiger partial charge >= 0.3 is 6.09 Å². The third-order valence-electron chi connectivity index (χ3n) is 12.3. The predicted octanol–water partition coefficient (Wildman–Crippen LogP) is 13.1. The second-order valence-electron chi connectivity index (χ2n) is 18.9. The molecule has 11 heteroatoms. The summed E-state index contributed by atoms with van der Waals surface area (Å²) in [4.78, 5) is 20.6. The maximum Gasteiger partial charge on any atom is 0.413 e. The number of nitrogens with two attached hydrogens (primary N) is 1. The Morgan fingerprint density at radius 2 is 1.07 bits per heavy atom. The highest BCUT2D eigenvalue weighted by atomic mass is 28.4. The second-order valence-corrected chi connectivity index (χ2v) is 28.3. The Labute approximate surface area is 358 Å². The van der Waals surface area contributed by atoms with Gasteiger partial charge in [-0.05, 0) is 135 Å². The van der Waals surface area contributed by atoms with E-state index in [1.807, 2.05) is 18.2 Å². The molecule has 6 rings (SSSR count). The van der Waals surface area contributed by atoms with Crippen LogP contribution in [0.4, 0.5) is 16.4 Å². The van der Waals surface area contributed by atoms with Gasteiger partial charge < -0.3 is 24.4 Å². The predicted molar refractivity (Wildman–Crippen MR) is 250 cm³/mol. The summed E-state index contributed by atoms with van der Waals surface area (Å²) in [5, 5.41) is 12.4. The molecule has 0 atom stereocenters. The maximum atomic E-state index is 12.3. The van der Waals surface area contributed by atoms with Crippen molar-refractivity contribution in [3.63, 3.8) is 0 Å². The number of nitrogens with one attached hydrogen (secondary N) is 1. The number of benzene rings is 2. The Kier molecular flexibility index (Phi) is 18.2. The molecule has 0 saturated heterocycles. The fourth-order valence-corrected chi connectivity index (χ4v) is 8.55. The fraction of sp³-hybridized carbons (Fsp3) is 0.521. The minimum Gasteiger partial charge on any atom is -0.542 e. The number of aliphatic hydroxyl groups is 1. The normalized spacial score (nSPS) is 19.6. The van der Waals surface area contributed by atoms with E-state index in [0.717, 1.165) is 62.9 Å². The molecule has 0 unspecified atom stereocenters. The Hall–Kier alpha value is -4.20. The molecule has 2 saturated carbocycles. The maximum absolute atomic E-state index is 12.3. The summed E-state index contributed by atoms with van der Waals surface area (Å²) < 4.78 is 17.9. The first-order chi connectivity index (χ1) is 27.2. The highest BCUT2D eigenvalue weighted by Gasteiger charge is 2.40. The van der Waals surface area contributed by atoms with Crippen LogP contribution in [-0.2, 0) is 4.74 Å².